The molecule has 1 atom stereocenters. The monoisotopic (exact) mass is 187 g/mol. The second-order valence-corrected chi connectivity index (χ2v) is 2.56. The van der Waals surface area contributed by atoms with Crippen molar-refractivity contribution >= 4 is 12.4 Å². The maximum Gasteiger partial charge on any atom is 0.118 e. The lowest BCUT2D eigenvalue weighted by atomic mass is 10.1. The number of hydrogen-bond donors (Lipinski definition) is 1. The van der Waals surface area contributed by atoms with E-state index in [0.29, 0.717) is 0 Å². The molecule has 12 heavy (non-hydrogen) atoms. The first-order chi connectivity index (χ1) is 5.24. The van der Waals surface area contributed by atoms with Crippen molar-refractivity contribution in [3.05, 3.63) is 29.8 Å². The van der Waals surface area contributed by atoms with Gasteiger partial charge in [-0.15, -0.1) is 12.4 Å². The zero-order valence-corrected chi connectivity index (χ0v) is 8.10. The number of rotatable bonds is 2. The van der Waals surface area contributed by atoms with Crippen LogP contribution in [-0.4, -0.2) is 7.11 Å². The quantitative estimate of drug-likeness (QED) is 0.770. The molecule has 2 nitrogen and oxygen atoms in total. The van der Waals surface area contributed by atoms with Gasteiger partial charge in [-0.25, -0.2) is 0 Å². The first-order valence-electron chi connectivity index (χ1n) is 3.63. The van der Waals surface area contributed by atoms with Gasteiger partial charge in [-0.2, -0.15) is 0 Å². The largest absolute Gasteiger partial charge is 0.497 e. The Hall–Kier alpha value is -0.730. The molecule has 68 valence electrons. The molecule has 0 aromatic heterocycles. The first-order valence-corrected chi connectivity index (χ1v) is 3.63. The van der Waals surface area contributed by atoms with Crippen LogP contribution in [0.1, 0.15) is 18.5 Å². The van der Waals surface area contributed by atoms with Crippen LogP contribution in [0.3, 0.4) is 0 Å². The topological polar surface area (TPSA) is 35.2 Å². The summed E-state index contributed by atoms with van der Waals surface area (Å²) in [7, 11) is 1.65. The molecule has 1 aromatic rings. The van der Waals surface area contributed by atoms with E-state index in [4.69, 9.17) is 10.5 Å². The van der Waals surface area contributed by atoms with Gasteiger partial charge in [-0.05, 0) is 24.6 Å². The first kappa shape index (κ1) is 11.3. The zero-order chi connectivity index (χ0) is 8.27. The van der Waals surface area contributed by atoms with Crippen molar-refractivity contribution in [2.45, 2.75) is 13.0 Å². The number of methoxy groups -OCH3 is 1. The average Bonchev–Trinajstić information content (AvgIpc) is 2.05. The molecule has 0 fully saturated rings. The van der Waals surface area contributed by atoms with Crippen molar-refractivity contribution in [3.63, 3.8) is 0 Å². The summed E-state index contributed by atoms with van der Waals surface area (Å²) in [6.45, 7) is 1.96. The Morgan fingerprint density at radius 3 is 2.08 bits per heavy atom. The summed E-state index contributed by atoms with van der Waals surface area (Å²) in [4.78, 5) is 0. The van der Waals surface area contributed by atoms with Crippen LogP contribution < -0.4 is 10.5 Å². The fourth-order valence-corrected chi connectivity index (χ4v) is 0.907. The van der Waals surface area contributed by atoms with Gasteiger partial charge in [0.15, 0.2) is 0 Å². The Morgan fingerprint density at radius 1 is 1.25 bits per heavy atom. The molecule has 0 aliphatic carbocycles. The number of nitrogens with two attached hydrogens (primary N) is 1. The van der Waals surface area contributed by atoms with Crippen molar-refractivity contribution < 1.29 is 4.74 Å². The Morgan fingerprint density at radius 2 is 1.75 bits per heavy atom. The minimum absolute atomic E-state index is 0. The summed E-state index contributed by atoms with van der Waals surface area (Å²) in [6.07, 6.45) is 0. The zero-order valence-electron chi connectivity index (χ0n) is 7.28. The highest BCUT2D eigenvalue weighted by Gasteiger charge is 1.97. The third-order valence-corrected chi connectivity index (χ3v) is 1.64. The van der Waals surface area contributed by atoms with Crippen molar-refractivity contribution in [2.24, 2.45) is 5.73 Å². The maximum absolute atomic E-state index is 5.66. The summed E-state index contributed by atoms with van der Waals surface area (Å²) in [5, 5.41) is 0. The van der Waals surface area contributed by atoms with E-state index in [-0.39, 0.29) is 18.4 Å². The molecule has 1 aromatic carbocycles. The molecular weight excluding hydrogens is 174 g/mol. The smallest absolute Gasteiger partial charge is 0.118 e. The number of halogens is 1. The van der Waals surface area contributed by atoms with Crippen LogP contribution in [-0.2, 0) is 0 Å². The maximum atomic E-state index is 5.66. The van der Waals surface area contributed by atoms with E-state index in [0.717, 1.165) is 11.3 Å². The van der Waals surface area contributed by atoms with Crippen LogP contribution in [0.5, 0.6) is 5.75 Å². The van der Waals surface area contributed by atoms with Gasteiger partial charge in [0.1, 0.15) is 5.75 Å². The van der Waals surface area contributed by atoms with Crippen LogP contribution >= 0.6 is 12.4 Å². The highest BCUT2D eigenvalue weighted by molar-refractivity contribution is 5.85. The molecule has 1 rings (SSSR count). The predicted molar refractivity (Wildman–Crippen MR) is 52.8 cm³/mol. The number of hydrogen-bond acceptors (Lipinski definition) is 2. The van der Waals surface area contributed by atoms with Crippen LogP contribution in [0.4, 0.5) is 0 Å². The fourth-order valence-electron chi connectivity index (χ4n) is 0.907. The van der Waals surface area contributed by atoms with E-state index >= 15 is 0 Å². The summed E-state index contributed by atoms with van der Waals surface area (Å²) < 4.78 is 5.01. The van der Waals surface area contributed by atoms with Crippen molar-refractivity contribution in [1.82, 2.24) is 0 Å². The van der Waals surface area contributed by atoms with Gasteiger partial charge < -0.3 is 10.5 Å². The van der Waals surface area contributed by atoms with E-state index in [1.807, 2.05) is 31.2 Å². The van der Waals surface area contributed by atoms with Crippen molar-refractivity contribution in [3.8, 4) is 5.75 Å². The Labute approximate surface area is 79.1 Å². The van der Waals surface area contributed by atoms with E-state index in [1.165, 1.54) is 0 Å². The Bertz CT molecular complexity index is 220. The third-order valence-electron chi connectivity index (χ3n) is 1.64. The SMILES string of the molecule is COc1ccc([C@H](C)N)cc1.Cl. The lowest BCUT2D eigenvalue weighted by Crippen LogP contribution is -2.04. The van der Waals surface area contributed by atoms with Gasteiger partial charge in [-0.3, -0.25) is 0 Å². The number of ether oxygens (including phenoxy) is 1. The fraction of sp³-hybridized carbons (Fsp3) is 0.333. The Kier molecular flexibility index (Phi) is 4.71. The lowest BCUT2D eigenvalue weighted by Gasteiger charge is -2.05. The van der Waals surface area contributed by atoms with E-state index < -0.39 is 0 Å². The molecule has 2 N–H and O–H groups in total. The van der Waals surface area contributed by atoms with Gasteiger partial charge in [0, 0.05) is 6.04 Å². The van der Waals surface area contributed by atoms with Gasteiger partial charge >= 0.3 is 0 Å². The summed E-state index contributed by atoms with van der Waals surface area (Å²) in [5.41, 5.74) is 6.79. The molecule has 0 unspecified atom stereocenters. The molecule has 0 aliphatic heterocycles. The van der Waals surface area contributed by atoms with Gasteiger partial charge in [-0.1, -0.05) is 12.1 Å². The molecule has 0 saturated heterocycles. The van der Waals surface area contributed by atoms with Crippen LogP contribution in [0.15, 0.2) is 24.3 Å². The summed E-state index contributed by atoms with van der Waals surface area (Å²) >= 11 is 0. The normalized spacial score (nSPS) is 11.6. The van der Waals surface area contributed by atoms with Gasteiger partial charge in [0.2, 0.25) is 0 Å². The third kappa shape index (κ3) is 2.72. The minimum atomic E-state index is 0. The molecule has 0 spiro atoms. The number of benzene rings is 1. The second-order valence-electron chi connectivity index (χ2n) is 2.56. The molecule has 0 aliphatic rings. The van der Waals surface area contributed by atoms with Crippen molar-refractivity contribution in [1.29, 1.82) is 0 Å². The predicted octanol–water partition coefficient (Wildman–Crippen LogP) is 2.14. The highest BCUT2D eigenvalue weighted by Crippen LogP contribution is 2.14. The molecule has 0 bridgehead atoms. The summed E-state index contributed by atoms with van der Waals surface area (Å²) in [6, 6.07) is 7.88. The van der Waals surface area contributed by atoms with Gasteiger partial charge in [0.05, 0.1) is 7.11 Å². The average molecular weight is 188 g/mol. The molecule has 0 heterocycles. The second kappa shape index (κ2) is 5.01. The molecule has 3 heteroatoms. The van der Waals surface area contributed by atoms with Gasteiger partial charge in [0.25, 0.3) is 0 Å². The molecule has 0 saturated carbocycles. The van der Waals surface area contributed by atoms with Crippen LogP contribution in [0.25, 0.3) is 0 Å². The minimum Gasteiger partial charge on any atom is -0.497 e. The lowest BCUT2D eigenvalue weighted by molar-refractivity contribution is 0.414. The standard InChI is InChI=1S/C9H13NO.ClH/c1-7(10)8-3-5-9(11-2)6-4-8;/h3-7H,10H2,1-2H3;1H/t7-;/m0./s1. The van der Waals surface area contributed by atoms with E-state index in [9.17, 15) is 0 Å². The summed E-state index contributed by atoms with van der Waals surface area (Å²) in [5.74, 6) is 0.870. The van der Waals surface area contributed by atoms with Crippen molar-refractivity contribution in [2.75, 3.05) is 7.11 Å². The molecule has 0 amide bonds. The Balaban J connectivity index is 0.00000121. The molecular formula is C9H14ClNO. The molecule has 0 radical (unpaired) electrons. The van der Waals surface area contributed by atoms with E-state index in [1.54, 1.807) is 7.11 Å². The van der Waals surface area contributed by atoms with Crippen LogP contribution in [0, 0.1) is 0 Å². The van der Waals surface area contributed by atoms with E-state index in [2.05, 4.69) is 0 Å². The van der Waals surface area contributed by atoms with Crippen LogP contribution in [0.2, 0.25) is 0 Å². The highest BCUT2D eigenvalue weighted by atomic mass is 35.5.